The first-order valence-electron chi connectivity index (χ1n) is 4.49. The van der Waals surface area contributed by atoms with Crippen LogP contribution in [0.2, 0.25) is 0 Å². The number of nitrogens with one attached hydrogen (secondary N) is 1. The standard InChI is InChI=1S/C8H12FN3O/c1-2-7-11-8(13-12-7)6-3-5(9)4-10-6/h5-6,10H,2-4H2,1H3/t5-,6-/m0/s1. The SMILES string of the molecule is CCc1noc([C@@H]2C[C@H](F)CN2)n1. The normalized spacial score (nSPS) is 28.2. The Labute approximate surface area is 75.5 Å². The molecule has 4 nitrogen and oxygen atoms in total. The van der Waals surface area contributed by atoms with Crippen molar-refractivity contribution in [3.63, 3.8) is 0 Å². The number of rotatable bonds is 2. The largest absolute Gasteiger partial charge is 0.338 e. The van der Waals surface area contributed by atoms with E-state index >= 15 is 0 Å². The molecule has 0 unspecified atom stereocenters. The number of hydrogen-bond donors (Lipinski definition) is 1. The minimum atomic E-state index is -0.790. The van der Waals surface area contributed by atoms with Crippen LogP contribution in [0.25, 0.3) is 0 Å². The molecule has 0 aromatic carbocycles. The fourth-order valence-electron chi connectivity index (χ4n) is 1.43. The molecule has 0 saturated carbocycles. The van der Waals surface area contributed by atoms with Gasteiger partial charge in [-0.1, -0.05) is 12.1 Å². The summed E-state index contributed by atoms with van der Waals surface area (Å²) in [5.41, 5.74) is 0. The Balaban J connectivity index is 2.08. The van der Waals surface area contributed by atoms with Crippen molar-refractivity contribution in [2.75, 3.05) is 6.54 Å². The highest BCUT2D eigenvalue weighted by molar-refractivity contribution is 4.97. The van der Waals surface area contributed by atoms with Crippen molar-refractivity contribution in [1.29, 1.82) is 0 Å². The van der Waals surface area contributed by atoms with Crippen molar-refractivity contribution in [3.05, 3.63) is 11.7 Å². The Morgan fingerprint density at radius 1 is 1.69 bits per heavy atom. The monoisotopic (exact) mass is 185 g/mol. The van der Waals surface area contributed by atoms with Gasteiger partial charge >= 0.3 is 0 Å². The molecule has 1 aliphatic heterocycles. The lowest BCUT2D eigenvalue weighted by molar-refractivity contribution is 0.322. The summed E-state index contributed by atoms with van der Waals surface area (Å²) in [4.78, 5) is 4.14. The zero-order valence-corrected chi connectivity index (χ0v) is 7.46. The van der Waals surface area contributed by atoms with Crippen molar-refractivity contribution in [2.24, 2.45) is 0 Å². The third kappa shape index (κ3) is 1.70. The molecule has 0 radical (unpaired) electrons. The van der Waals surface area contributed by atoms with Crippen LogP contribution in [0.15, 0.2) is 4.52 Å². The highest BCUT2D eigenvalue weighted by atomic mass is 19.1. The van der Waals surface area contributed by atoms with E-state index in [1.54, 1.807) is 0 Å². The van der Waals surface area contributed by atoms with Gasteiger partial charge in [0.1, 0.15) is 6.17 Å². The topological polar surface area (TPSA) is 51.0 Å². The van der Waals surface area contributed by atoms with E-state index in [2.05, 4.69) is 15.5 Å². The van der Waals surface area contributed by atoms with Crippen LogP contribution >= 0.6 is 0 Å². The van der Waals surface area contributed by atoms with Gasteiger partial charge in [0, 0.05) is 19.4 Å². The average Bonchev–Trinajstić information content (AvgIpc) is 2.71. The van der Waals surface area contributed by atoms with Crippen LogP contribution in [0.4, 0.5) is 4.39 Å². The van der Waals surface area contributed by atoms with Gasteiger partial charge in [0.25, 0.3) is 0 Å². The van der Waals surface area contributed by atoms with Crippen LogP contribution < -0.4 is 5.32 Å². The van der Waals surface area contributed by atoms with E-state index in [4.69, 9.17) is 4.52 Å². The number of halogens is 1. The van der Waals surface area contributed by atoms with Gasteiger partial charge < -0.3 is 9.84 Å². The lowest BCUT2D eigenvalue weighted by Crippen LogP contribution is -2.14. The fourth-order valence-corrected chi connectivity index (χ4v) is 1.43. The fraction of sp³-hybridized carbons (Fsp3) is 0.750. The summed E-state index contributed by atoms with van der Waals surface area (Å²) in [6.07, 6.45) is 0.391. The Morgan fingerprint density at radius 3 is 3.08 bits per heavy atom. The van der Waals surface area contributed by atoms with Gasteiger partial charge in [-0.05, 0) is 0 Å². The maximum Gasteiger partial charge on any atom is 0.243 e. The van der Waals surface area contributed by atoms with E-state index in [1.165, 1.54) is 0 Å². The molecule has 1 aromatic heterocycles. The molecule has 0 amide bonds. The Morgan fingerprint density at radius 2 is 2.54 bits per heavy atom. The molecule has 1 fully saturated rings. The molecule has 13 heavy (non-hydrogen) atoms. The van der Waals surface area contributed by atoms with Crippen molar-refractivity contribution < 1.29 is 8.91 Å². The summed E-state index contributed by atoms with van der Waals surface area (Å²) in [7, 11) is 0. The van der Waals surface area contributed by atoms with Crippen molar-refractivity contribution in [3.8, 4) is 0 Å². The highest BCUT2D eigenvalue weighted by Gasteiger charge is 2.28. The third-order valence-corrected chi connectivity index (χ3v) is 2.18. The van der Waals surface area contributed by atoms with Crippen LogP contribution in [-0.2, 0) is 6.42 Å². The van der Waals surface area contributed by atoms with Gasteiger partial charge in [-0.15, -0.1) is 0 Å². The summed E-state index contributed by atoms with van der Waals surface area (Å²) in [6.45, 7) is 2.34. The quantitative estimate of drug-likeness (QED) is 0.746. The molecule has 2 heterocycles. The van der Waals surface area contributed by atoms with Gasteiger partial charge in [-0.2, -0.15) is 4.98 Å². The Hall–Kier alpha value is -0.970. The number of hydrogen-bond acceptors (Lipinski definition) is 4. The minimum Gasteiger partial charge on any atom is -0.338 e. The number of alkyl halides is 1. The van der Waals surface area contributed by atoms with Crippen molar-refractivity contribution >= 4 is 0 Å². The molecule has 72 valence electrons. The number of aromatic nitrogens is 2. The highest BCUT2D eigenvalue weighted by Crippen LogP contribution is 2.23. The summed E-state index contributed by atoms with van der Waals surface area (Å²) >= 11 is 0. The molecule has 5 heteroatoms. The van der Waals surface area contributed by atoms with E-state index < -0.39 is 6.17 Å². The lowest BCUT2D eigenvalue weighted by atomic mass is 10.2. The second kappa shape index (κ2) is 3.41. The van der Waals surface area contributed by atoms with Crippen LogP contribution in [0.3, 0.4) is 0 Å². The van der Waals surface area contributed by atoms with E-state index in [9.17, 15) is 4.39 Å². The molecule has 1 aromatic rings. The summed E-state index contributed by atoms with van der Waals surface area (Å²) < 4.78 is 17.8. The zero-order valence-electron chi connectivity index (χ0n) is 7.46. The molecule has 0 aliphatic carbocycles. The van der Waals surface area contributed by atoms with E-state index in [0.717, 1.165) is 6.42 Å². The van der Waals surface area contributed by atoms with Gasteiger partial charge in [-0.25, -0.2) is 4.39 Å². The summed E-state index contributed by atoms with van der Waals surface area (Å²) in [5.74, 6) is 1.19. The van der Waals surface area contributed by atoms with E-state index in [1.807, 2.05) is 6.92 Å². The van der Waals surface area contributed by atoms with Crippen LogP contribution in [0, 0.1) is 0 Å². The molecule has 0 spiro atoms. The zero-order chi connectivity index (χ0) is 9.26. The van der Waals surface area contributed by atoms with Crippen molar-refractivity contribution in [2.45, 2.75) is 32.0 Å². The minimum absolute atomic E-state index is 0.0946. The summed E-state index contributed by atoms with van der Waals surface area (Å²) in [5, 5.41) is 6.74. The maximum absolute atomic E-state index is 12.8. The number of nitrogens with zero attached hydrogens (tertiary/aromatic N) is 2. The molecule has 2 rings (SSSR count). The number of aryl methyl sites for hydroxylation is 1. The van der Waals surface area contributed by atoms with Crippen LogP contribution in [0.5, 0.6) is 0 Å². The third-order valence-electron chi connectivity index (χ3n) is 2.18. The molecule has 1 N–H and O–H groups in total. The molecule has 1 aliphatic rings. The lowest BCUT2D eigenvalue weighted by Gasteiger charge is -2.00. The second-order valence-corrected chi connectivity index (χ2v) is 3.20. The molecule has 2 atom stereocenters. The molecule has 1 saturated heterocycles. The predicted octanol–water partition coefficient (Wildman–Crippen LogP) is 1.00. The van der Waals surface area contributed by atoms with Gasteiger partial charge in [0.15, 0.2) is 5.82 Å². The first-order chi connectivity index (χ1) is 6.29. The smallest absolute Gasteiger partial charge is 0.243 e. The summed E-state index contributed by atoms with van der Waals surface area (Å²) in [6, 6.07) is -0.0946. The second-order valence-electron chi connectivity index (χ2n) is 3.20. The average molecular weight is 185 g/mol. The van der Waals surface area contributed by atoms with Gasteiger partial charge in [0.2, 0.25) is 5.89 Å². The van der Waals surface area contributed by atoms with Gasteiger partial charge in [0.05, 0.1) is 6.04 Å². The molecule has 0 bridgehead atoms. The Kier molecular flexibility index (Phi) is 2.26. The molecular formula is C8H12FN3O. The Bertz CT molecular complexity index is 289. The van der Waals surface area contributed by atoms with Crippen LogP contribution in [-0.4, -0.2) is 22.9 Å². The molecular weight excluding hydrogens is 173 g/mol. The van der Waals surface area contributed by atoms with Crippen LogP contribution in [0.1, 0.15) is 31.1 Å². The van der Waals surface area contributed by atoms with E-state index in [-0.39, 0.29) is 6.04 Å². The maximum atomic E-state index is 12.8. The van der Waals surface area contributed by atoms with Crippen molar-refractivity contribution in [1.82, 2.24) is 15.5 Å². The first-order valence-corrected chi connectivity index (χ1v) is 4.49. The van der Waals surface area contributed by atoms with Gasteiger partial charge in [-0.3, -0.25) is 0 Å². The van der Waals surface area contributed by atoms with E-state index in [0.29, 0.717) is 24.7 Å². The predicted molar refractivity (Wildman–Crippen MR) is 43.9 cm³/mol. The first kappa shape index (κ1) is 8.62.